The SMILES string of the molecule is CCCCCCCCCCC1CC1CCC. The Morgan fingerprint density at radius 1 is 0.625 bits per heavy atom. The first-order valence-electron chi connectivity index (χ1n) is 7.88. The maximum atomic E-state index is 2.33. The number of hydrogen-bond acceptors (Lipinski definition) is 0. The largest absolute Gasteiger partial charge is 0.0654 e. The smallest absolute Gasteiger partial charge is 0.0383 e. The molecule has 0 aromatic carbocycles. The maximum Gasteiger partial charge on any atom is -0.0383 e. The Bertz CT molecular complexity index is 150. The summed E-state index contributed by atoms with van der Waals surface area (Å²) in [6.07, 6.45) is 17.8. The van der Waals surface area contributed by atoms with Crippen molar-refractivity contribution in [1.29, 1.82) is 0 Å². The van der Waals surface area contributed by atoms with E-state index >= 15 is 0 Å². The first-order valence-corrected chi connectivity index (χ1v) is 7.88. The lowest BCUT2D eigenvalue weighted by Crippen LogP contribution is -1.85. The molecule has 0 heteroatoms. The zero-order chi connectivity index (χ0) is 11.6. The van der Waals surface area contributed by atoms with E-state index in [1.165, 1.54) is 64.2 Å². The van der Waals surface area contributed by atoms with Crippen LogP contribution in [-0.2, 0) is 0 Å². The van der Waals surface area contributed by atoms with Crippen LogP contribution < -0.4 is 0 Å². The van der Waals surface area contributed by atoms with Gasteiger partial charge in [0.15, 0.2) is 0 Å². The second-order valence-corrected chi connectivity index (χ2v) is 5.81. The second kappa shape index (κ2) is 9.07. The third-order valence-electron chi connectivity index (χ3n) is 4.16. The molecule has 2 atom stereocenters. The number of rotatable bonds is 11. The summed E-state index contributed by atoms with van der Waals surface area (Å²) in [6.45, 7) is 4.62. The summed E-state index contributed by atoms with van der Waals surface area (Å²) in [4.78, 5) is 0. The minimum atomic E-state index is 1.13. The van der Waals surface area contributed by atoms with Crippen molar-refractivity contribution in [2.75, 3.05) is 0 Å². The summed E-state index contributed by atoms with van der Waals surface area (Å²) < 4.78 is 0. The van der Waals surface area contributed by atoms with Crippen molar-refractivity contribution in [3.63, 3.8) is 0 Å². The first-order chi connectivity index (χ1) is 7.88. The summed E-state index contributed by atoms with van der Waals surface area (Å²) >= 11 is 0. The van der Waals surface area contributed by atoms with Gasteiger partial charge in [0.25, 0.3) is 0 Å². The third kappa shape index (κ3) is 6.55. The Hall–Kier alpha value is 0. The van der Waals surface area contributed by atoms with Gasteiger partial charge in [-0.25, -0.2) is 0 Å². The fourth-order valence-electron chi connectivity index (χ4n) is 2.93. The zero-order valence-electron chi connectivity index (χ0n) is 11.6. The van der Waals surface area contributed by atoms with Crippen LogP contribution in [-0.4, -0.2) is 0 Å². The van der Waals surface area contributed by atoms with Crippen LogP contribution in [0.2, 0.25) is 0 Å². The van der Waals surface area contributed by atoms with Gasteiger partial charge in [-0.3, -0.25) is 0 Å². The van der Waals surface area contributed by atoms with E-state index in [-0.39, 0.29) is 0 Å². The Balaban J connectivity index is 1.73. The van der Waals surface area contributed by atoms with Gasteiger partial charge >= 0.3 is 0 Å². The molecule has 1 rings (SSSR count). The van der Waals surface area contributed by atoms with Gasteiger partial charge in [0, 0.05) is 0 Å². The predicted octanol–water partition coefficient (Wildman–Crippen LogP) is 5.95. The molecular formula is C16H32. The second-order valence-electron chi connectivity index (χ2n) is 5.81. The first kappa shape index (κ1) is 14.1. The minimum absolute atomic E-state index is 1.13. The fraction of sp³-hybridized carbons (Fsp3) is 1.00. The van der Waals surface area contributed by atoms with Crippen molar-refractivity contribution in [2.45, 2.75) is 90.9 Å². The van der Waals surface area contributed by atoms with Gasteiger partial charge in [0.2, 0.25) is 0 Å². The van der Waals surface area contributed by atoms with Crippen molar-refractivity contribution < 1.29 is 0 Å². The molecule has 0 heterocycles. The van der Waals surface area contributed by atoms with Crippen LogP contribution in [0.5, 0.6) is 0 Å². The normalized spacial score (nSPS) is 23.6. The highest BCUT2D eigenvalue weighted by molar-refractivity contribution is 4.85. The van der Waals surface area contributed by atoms with Gasteiger partial charge < -0.3 is 0 Å². The van der Waals surface area contributed by atoms with Crippen molar-refractivity contribution in [3.8, 4) is 0 Å². The summed E-state index contributed by atoms with van der Waals surface area (Å²) in [5, 5.41) is 0. The lowest BCUT2D eigenvalue weighted by Gasteiger charge is -2.01. The van der Waals surface area contributed by atoms with Gasteiger partial charge in [-0.15, -0.1) is 0 Å². The molecule has 1 saturated carbocycles. The highest BCUT2D eigenvalue weighted by Gasteiger charge is 2.34. The average Bonchev–Trinajstić information content (AvgIpc) is 3.01. The highest BCUT2D eigenvalue weighted by atomic mass is 14.4. The van der Waals surface area contributed by atoms with E-state index in [0.29, 0.717) is 0 Å². The van der Waals surface area contributed by atoms with Crippen molar-refractivity contribution in [2.24, 2.45) is 11.8 Å². The molecule has 96 valence electrons. The fourth-order valence-corrected chi connectivity index (χ4v) is 2.93. The van der Waals surface area contributed by atoms with E-state index in [2.05, 4.69) is 13.8 Å². The van der Waals surface area contributed by atoms with Crippen LogP contribution in [0.1, 0.15) is 90.9 Å². The number of hydrogen-bond donors (Lipinski definition) is 0. The van der Waals surface area contributed by atoms with E-state index in [9.17, 15) is 0 Å². The van der Waals surface area contributed by atoms with Crippen LogP contribution in [0.25, 0.3) is 0 Å². The Kier molecular flexibility index (Phi) is 7.98. The zero-order valence-corrected chi connectivity index (χ0v) is 11.6. The summed E-state index contributed by atoms with van der Waals surface area (Å²) in [5.41, 5.74) is 0. The molecule has 0 aromatic rings. The molecule has 1 fully saturated rings. The molecule has 0 N–H and O–H groups in total. The van der Waals surface area contributed by atoms with Gasteiger partial charge in [-0.1, -0.05) is 84.5 Å². The molecule has 2 unspecified atom stereocenters. The molecule has 0 aromatic heterocycles. The van der Waals surface area contributed by atoms with E-state index in [4.69, 9.17) is 0 Å². The van der Waals surface area contributed by atoms with Crippen molar-refractivity contribution >= 4 is 0 Å². The molecule has 16 heavy (non-hydrogen) atoms. The summed E-state index contributed by atoms with van der Waals surface area (Å²) in [6, 6.07) is 0. The number of unbranched alkanes of at least 4 members (excludes halogenated alkanes) is 7. The Labute approximate surface area is 103 Å². The molecular weight excluding hydrogens is 192 g/mol. The molecule has 0 amide bonds. The summed E-state index contributed by atoms with van der Waals surface area (Å²) in [7, 11) is 0. The lowest BCUT2D eigenvalue weighted by molar-refractivity contribution is 0.528. The molecule has 0 saturated heterocycles. The third-order valence-corrected chi connectivity index (χ3v) is 4.16. The predicted molar refractivity (Wildman–Crippen MR) is 73.7 cm³/mol. The van der Waals surface area contributed by atoms with E-state index in [1.54, 1.807) is 12.8 Å². The van der Waals surface area contributed by atoms with E-state index < -0.39 is 0 Å². The molecule has 0 spiro atoms. The summed E-state index contributed by atoms with van der Waals surface area (Å²) in [5.74, 6) is 2.27. The minimum Gasteiger partial charge on any atom is -0.0654 e. The molecule has 0 bridgehead atoms. The molecule has 0 radical (unpaired) electrons. The van der Waals surface area contributed by atoms with E-state index in [0.717, 1.165) is 11.8 Å². The van der Waals surface area contributed by atoms with Crippen LogP contribution in [0.3, 0.4) is 0 Å². The standard InChI is InChI=1S/C16H32/c1-3-5-6-7-8-9-10-11-13-16-14-15(16)12-4-2/h15-16H,3-14H2,1-2H3. The molecule has 0 nitrogen and oxygen atoms in total. The lowest BCUT2D eigenvalue weighted by atomic mass is 10.0. The topological polar surface area (TPSA) is 0 Å². The average molecular weight is 224 g/mol. The van der Waals surface area contributed by atoms with Crippen molar-refractivity contribution in [3.05, 3.63) is 0 Å². The highest BCUT2D eigenvalue weighted by Crippen LogP contribution is 2.45. The maximum absolute atomic E-state index is 2.33. The van der Waals surface area contributed by atoms with E-state index in [1.807, 2.05) is 0 Å². The molecule has 1 aliphatic carbocycles. The van der Waals surface area contributed by atoms with Gasteiger partial charge in [-0.05, 0) is 18.3 Å². The van der Waals surface area contributed by atoms with Crippen LogP contribution in [0.4, 0.5) is 0 Å². The van der Waals surface area contributed by atoms with Crippen molar-refractivity contribution in [1.82, 2.24) is 0 Å². The van der Waals surface area contributed by atoms with Gasteiger partial charge in [-0.2, -0.15) is 0 Å². The van der Waals surface area contributed by atoms with Gasteiger partial charge in [0.1, 0.15) is 0 Å². The van der Waals surface area contributed by atoms with Crippen LogP contribution in [0, 0.1) is 11.8 Å². The quantitative estimate of drug-likeness (QED) is 0.380. The molecule has 1 aliphatic rings. The monoisotopic (exact) mass is 224 g/mol. The Morgan fingerprint density at radius 3 is 1.81 bits per heavy atom. The Morgan fingerprint density at radius 2 is 1.19 bits per heavy atom. The molecule has 0 aliphatic heterocycles. The van der Waals surface area contributed by atoms with Gasteiger partial charge in [0.05, 0.1) is 0 Å². The van der Waals surface area contributed by atoms with Crippen LogP contribution >= 0.6 is 0 Å². The van der Waals surface area contributed by atoms with Crippen LogP contribution in [0.15, 0.2) is 0 Å².